The number of hydrogen-bond acceptors (Lipinski definition) is 4. The van der Waals surface area contributed by atoms with Gasteiger partial charge in [-0.25, -0.2) is 0 Å². The molecule has 2 unspecified atom stereocenters. The highest BCUT2D eigenvalue weighted by molar-refractivity contribution is 5.92. The number of likely N-dealkylation sites (tertiary alicyclic amines) is 1. The molecule has 3 rings (SSSR count). The molecule has 18 heavy (non-hydrogen) atoms. The number of hydrogen-bond donors (Lipinski definition) is 1. The molecule has 1 aromatic rings. The number of aromatic nitrogens is 1. The molecule has 2 saturated heterocycles. The maximum atomic E-state index is 12.4. The van der Waals surface area contributed by atoms with Gasteiger partial charge in [-0.2, -0.15) is 0 Å². The SMILES string of the molecule is Cc1cc(C(=O)N2CCCC2C2CCCN2)on1. The highest BCUT2D eigenvalue weighted by Crippen LogP contribution is 2.26. The van der Waals surface area contributed by atoms with Crippen LogP contribution in [0.25, 0.3) is 0 Å². The lowest BCUT2D eigenvalue weighted by Crippen LogP contribution is -2.46. The van der Waals surface area contributed by atoms with Gasteiger partial charge >= 0.3 is 0 Å². The van der Waals surface area contributed by atoms with Crippen molar-refractivity contribution in [1.82, 2.24) is 15.4 Å². The molecule has 1 N–H and O–H groups in total. The van der Waals surface area contributed by atoms with E-state index >= 15 is 0 Å². The molecule has 1 aromatic heterocycles. The van der Waals surface area contributed by atoms with Gasteiger partial charge in [0.05, 0.1) is 5.69 Å². The second kappa shape index (κ2) is 4.72. The molecule has 5 nitrogen and oxygen atoms in total. The fraction of sp³-hybridized carbons (Fsp3) is 0.692. The summed E-state index contributed by atoms with van der Waals surface area (Å²) in [5.41, 5.74) is 0.757. The molecule has 0 bridgehead atoms. The average molecular weight is 249 g/mol. The van der Waals surface area contributed by atoms with Crippen LogP contribution in [0, 0.1) is 6.92 Å². The first-order valence-corrected chi connectivity index (χ1v) is 6.73. The van der Waals surface area contributed by atoms with Crippen molar-refractivity contribution >= 4 is 5.91 Å². The molecule has 5 heteroatoms. The summed E-state index contributed by atoms with van der Waals surface area (Å²) in [6.07, 6.45) is 4.56. The lowest BCUT2D eigenvalue weighted by atomic mass is 10.0. The van der Waals surface area contributed by atoms with Gasteiger partial charge in [-0.15, -0.1) is 0 Å². The van der Waals surface area contributed by atoms with Crippen LogP contribution in [0.1, 0.15) is 41.9 Å². The number of aryl methyl sites for hydroxylation is 1. The van der Waals surface area contributed by atoms with Gasteiger partial charge in [-0.1, -0.05) is 5.16 Å². The third kappa shape index (κ3) is 2.03. The van der Waals surface area contributed by atoms with E-state index in [0.29, 0.717) is 17.8 Å². The highest BCUT2D eigenvalue weighted by atomic mass is 16.5. The number of rotatable bonds is 2. The molecule has 2 atom stereocenters. The molecular weight excluding hydrogens is 230 g/mol. The molecule has 0 spiro atoms. The normalized spacial score (nSPS) is 27.9. The van der Waals surface area contributed by atoms with Crippen LogP contribution in [0.3, 0.4) is 0 Å². The van der Waals surface area contributed by atoms with Gasteiger partial charge in [0.2, 0.25) is 5.76 Å². The second-order valence-electron chi connectivity index (χ2n) is 5.24. The summed E-state index contributed by atoms with van der Waals surface area (Å²) in [5, 5.41) is 7.29. The lowest BCUT2D eigenvalue weighted by molar-refractivity contribution is 0.0669. The predicted molar refractivity (Wildman–Crippen MR) is 66.3 cm³/mol. The number of amides is 1. The number of carbonyl (C=O) groups excluding carboxylic acids is 1. The van der Waals surface area contributed by atoms with E-state index in [2.05, 4.69) is 10.5 Å². The second-order valence-corrected chi connectivity index (χ2v) is 5.24. The van der Waals surface area contributed by atoms with Gasteiger partial charge in [0.15, 0.2) is 0 Å². The van der Waals surface area contributed by atoms with Gasteiger partial charge in [-0.3, -0.25) is 4.79 Å². The zero-order valence-electron chi connectivity index (χ0n) is 10.7. The van der Waals surface area contributed by atoms with Crippen LogP contribution in [-0.4, -0.2) is 41.1 Å². The van der Waals surface area contributed by atoms with Gasteiger partial charge in [0, 0.05) is 24.7 Å². The van der Waals surface area contributed by atoms with Crippen molar-refractivity contribution in [3.05, 3.63) is 17.5 Å². The van der Waals surface area contributed by atoms with E-state index in [0.717, 1.165) is 31.6 Å². The summed E-state index contributed by atoms with van der Waals surface area (Å²) in [6.45, 7) is 3.74. The maximum absolute atomic E-state index is 12.4. The minimum absolute atomic E-state index is 0.00759. The first-order chi connectivity index (χ1) is 8.75. The Morgan fingerprint density at radius 1 is 1.50 bits per heavy atom. The molecule has 98 valence electrons. The highest BCUT2D eigenvalue weighted by Gasteiger charge is 2.37. The zero-order chi connectivity index (χ0) is 12.5. The Morgan fingerprint density at radius 3 is 3.06 bits per heavy atom. The Kier molecular flexibility index (Phi) is 3.07. The molecule has 0 aliphatic carbocycles. The summed E-state index contributed by atoms with van der Waals surface area (Å²) in [7, 11) is 0. The number of nitrogens with zero attached hydrogens (tertiary/aromatic N) is 2. The van der Waals surface area contributed by atoms with E-state index in [4.69, 9.17) is 4.52 Å². The number of nitrogens with one attached hydrogen (secondary N) is 1. The van der Waals surface area contributed by atoms with Gasteiger partial charge in [-0.05, 0) is 39.2 Å². The van der Waals surface area contributed by atoms with Crippen molar-refractivity contribution in [1.29, 1.82) is 0 Å². The summed E-state index contributed by atoms with van der Waals surface area (Å²) in [6, 6.07) is 2.51. The van der Waals surface area contributed by atoms with E-state index in [1.807, 2.05) is 11.8 Å². The third-order valence-corrected chi connectivity index (χ3v) is 3.96. The van der Waals surface area contributed by atoms with Crippen LogP contribution >= 0.6 is 0 Å². The van der Waals surface area contributed by atoms with Crippen LogP contribution in [0.4, 0.5) is 0 Å². The van der Waals surface area contributed by atoms with Crippen LogP contribution in [0.5, 0.6) is 0 Å². The smallest absolute Gasteiger partial charge is 0.292 e. The first-order valence-electron chi connectivity index (χ1n) is 6.73. The van der Waals surface area contributed by atoms with Crippen LogP contribution in [0.15, 0.2) is 10.6 Å². The Morgan fingerprint density at radius 2 is 2.39 bits per heavy atom. The Balaban J connectivity index is 1.75. The average Bonchev–Trinajstić information content (AvgIpc) is 3.08. The topological polar surface area (TPSA) is 58.4 Å². The van der Waals surface area contributed by atoms with Gasteiger partial charge in [0.25, 0.3) is 5.91 Å². The van der Waals surface area contributed by atoms with Crippen molar-refractivity contribution in [3.8, 4) is 0 Å². The lowest BCUT2D eigenvalue weighted by Gasteiger charge is -2.28. The van der Waals surface area contributed by atoms with E-state index in [-0.39, 0.29) is 5.91 Å². The Labute approximate surface area is 107 Å². The molecule has 0 saturated carbocycles. The fourth-order valence-corrected chi connectivity index (χ4v) is 3.11. The van der Waals surface area contributed by atoms with Crippen molar-refractivity contribution in [2.75, 3.05) is 13.1 Å². The van der Waals surface area contributed by atoms with Crippen LogP contribution < -0.4 is 5.32 Å². The maximum Gasteiger partial charge on any atom is 0.292 e. The standard InChI is InChI=1S/C13H19N3O2/c1-9-8-12(18-15-9)13(17)16-7-3-5-11(16)10-4-2-6-14-10/h8,10-11,14H,2-7H2,1H3. The monoisotopic (exact) mass is 249 g/mol. The summed E-state index contributed by atoms with van der Waals surface area (Å²) in [5.74, 6) is 0.365. The molecule has 2 fully saturated rings. The van der Waals surface area contributed by atoms with Crippen LogP contribution in [-0.2, 0) is 0 Å². The van der Waals surface area contributed by atoms with Crippen molar-refractivity contribution in [3.63, 3.8) is 0 Å². The molecule has 2 aliphatic heterocycles. The molecule has 3 heterocycles. The Bertz CT molecular complexity index is 437. The largest absolute Gasteiger partial charge is 0.351 e. The Hall–Kier alpha value is -1.36. The van der Waals surface area contributed by atoms with Gasteiger partial charge < -0.3 is 14.7 Å². The third-order valence-electron chi connectivity index (χ3n) is 3.96. The van der Waals surface area contributed by atoms with E-state index in [1.54, 1.807) is 6.07 Å². The summed E-state index contributed by atoms with van der Waals surface area (Å²) >= 11 is 0. The molecule has 0 radical (unpaired) electrons. The molecule has 1 amide bonds. The minimum Gasteiger partial charge on any atom is -0.351 e. The summed E-state index contributed by atoms with van der Waals surface area (Å²) in [4.78, 5) is 14.4. The molecule has 0 aromatic carbocycles. The van der Waals surface area contributed by atoms with Crippen molar-refractivity contribution in [2.45, 2.75) is 44.7 Å². The quantitative estimate of drug-likeness (QED) is 0.859. The van der Waals surface area contributed by atoms with E-state index in [1.165, 1.54) is 12.8 Å². The van der Waals surface area contributed by atoms with E-state index in [9.17, 15) is 4.79 Å². The summed E-state index contributed by atoms with van der Waals surface area (Å²) < 4.78 is 5.09. The fourth-order valence-electron chi connectivity index (χ4n) is 3.11. The zero-order valence-corrected chi connectivity index (χ0v) is 10.7. The minimum atomic E-state index is -0.00759. The van der Waals surface area contributed by atoms with Crippen LogP contribution in [0.2, 0.25) is 0 Å². The predicted octanol–water partition coefficient (Wildman–Crippen LogP) is 1.34. The molecular formula is C13H19N3O2. The first kappa shape index (κ1) is 11.7. The van der Waals surface area contributed by atoms with E-state index < -0.39 is 0 Å². The molecule has 2 aliphatic rings. The van der Waals surface area contributed by atoms with Gasteiger partial charge in [0.1, 0.15) is 0 Å². The van der Waals surface area contributed by atoms with Crippen molar-refractivity contribution < 1.29 is 9.32 Å². The van der Waals surface area contributed by atoms with Crippen molar-refractivity contribution in [2.24, 2.45) is 0 Å². The number of carbonyl (C=O) groups is 1.